The van der Waals surface area contributed by atoms with Gasteiger partial charge in [-0.05, 0) is 36.8 Å². The van der Waals surface area contributed by atoms with Crippen molar-refractivity contribution in [2.75, 3.05) is 32.0 Å². The minimum atomic E-state index is -0.705. The summed E-state index contributed by atoms with van der Waals surface area (Å²) in [5, 5.41) is 0.956. The van der Waals surface area contributed by atoms with Crippen molar-refractivity contribution in [1.82, 2.24) is 14.9 Å². The van der Waals surface area contributed by atoms with Crippen molar-refractivity contribution in [3.8, 4) is 17.0 Å². The highest BCUT2D eigenvalue weighted by Crippen LogP contribution is 2.28. The number of rotatable bonds is 6. The van der Waals surface area contributed by atoms with Crippen molar-refractivity contribution in [2.24, 2.45) is 5.41 Å². The van der Waals surface area contributed by atoms with E-state index >= 15 is 0 Å². The highest BCUT2D eigenvalue weighted by atomic mass is 19.1. The number of hydrogen-bond acceptors (Lipinski definition) is 4. The number of ether oxygens (including phenoxy) is 1. The Hall–Kier alpha value is -2.80. The van der Waals surface area contributed by atoms with Crippen LogP contribution in [0.2, 0.25) is 0 Å². The maximum Gasteiger partial charge on any atom is 0.257 e. The Morgan fingerprint density at radius 3 is 2.90 bits per heavy atom. The molecule has 6 nitrogen and oxygen atoms in total. The van der Waals surface area contributed by atoms with Crippen LogP contribution < -0.4 is 16.0 Å². The van der Waals surface area contributed by atoms with Crippen molar-refractivity contribution in [1.29, 1.82) is 0 Å². The molecule has 4 rings (SSSR count). The molecule has 0 aliphatic carbocycles. The molecule has 3 aromatic rings. The highest BCUT2D eigenvalue weighted by molar-refractivity contribution is 5.87. The van der Waals surface area contributed by atoms with E-state index in [4.69, 9.17) is 10.5 Å². The van der Waals surface area contributed by atoms with Gasteiger partial charge in [-0.1, -0.05) is 13.8 Å². The summed E-state index contributed by atoms with van der Waals surface area (Å²) < 4.78 is 19.5. The van der Waals surface area contributed by atoms with Crippen LogP contribution >= 0.6 is 0 Å². The molecule has 2 aromatic heterocycles. The molecule has 1 aliphatic rings. The number of benzene rings is 1. The van der Waals surface area contributed by atoms with Gasteiger partial charge < -0.3 is 20.4 Å². The van der Waals surface area contributed by atoms with Crippen molar-refractivity contribution < 1.29 is 9.13 Å². The van der Waals surface area contributed by atoms with E-state index in [1.807, 2.05) is 24.3 Å². The molecule has 0 amide bonds. The lowest BCUT2D eigenvalue weighted by Gasteiger charge is -2.29. The average Bonchev–Trinajstić information content (AvgIpc) is 3.27. The van der Waals surface area contributed by atoms with Gasteiger partial charge in [-0.3, -0.25) is 9.69 Å². The Balaban J connectivity index is 1.47. The number of aromatic nitrogens is 2. The predicted molar refractivity (Wildman–Crippen MR) is 114 cm³/mol. The topological polar surface area (TPSA) is 87.1 Å². The Morgan fingerprint density at radius 1 is 1.31 bits per heavy atom. The molecule has 4 N–H and O–H groups in total. The zero-order chi connectivity index (χ0) is 20.6. The number of nitrogens with two attached hydrogens (primary N) is 1. The first kappa shape index (κ1) is 19.5. The van der Waals surface area contributed by atoms with Crippen LogP contribution in [0.25, 0.3) is 22.2 Å². The van der Waals surface area contributed by atoms with Gasteiger partial charge in [0, 0.05) is 47.8 Å². The lowest BCUT2D eigenvalue weighted by molar-refractivity contribution is 0.125. The van der Waals surface area contributed by atoms with E-state index in [0.717, 1.165) is 29.7 Å². The van der Waals surface area contributed by atoms with Gasteiger partial charge in [-0.15, -0.1) is 0 Å². The van der Waals surface area contributed by atoms with Crippen LogP contribution in [0.4, 0.5) is 10.1 Å². The van der Waals surface area contributed by atoms with Crippen molar-refractivity contribution in [2.45, 2.75) is 26.4 Å². The number of alkyl halides is 1. The molecule has 7 heteroatoms. The lowest BCUT2D eigenvalue weighted by atomic mass is 9.94. The molecule has 0 radical (unpaired) electrons. The number of fused-ring (bicyclic) bond motifs is 1. The monoisotopic (exact) mass is 398 g/mol. The molecule has 1 aromatic carbocycles. The highest BCUT2D eigenvalue weighted by Gasteiger charge is 2.28. The molecule has 29 heavy (non-hydrogen) atoms. The number of hydrogen-bond donors (Lipinski definition) is 3. The number of aromatic amines is 2. The van der Waals surface area contributed by atoms with Crippen LogP contribution in [0.5, 0.6) is 5.75 Å². The standard InChI is InChI=1S/C22H27FN4O2/c1-22(2,12-27-6-5-15(23)11-27)13-29-17-3-4-19-14(7-17)8-20(26-19)18-9-16(24)10-25-21(18)28/h3-4,7-10,15,26H,5-6,11-13,24H2,1-2H3,(H,25,28)/t15-/m0/s1. The Labute approximate surface area is 168 Å². The number of halogens is 1. The van der Waals surface area contributed by atoms with E-state index in [-0.39, 0.29) is 11.0 Å². The van der Waals surface area contributed by atoms with Crippen molar-refractivity contribution in [3.05, 3.63) is 46.9 Å². The maximum absolute atomic E-state index is 13.4. The SMILES string of the molecule is CC(C)(COc1ccc2[nH]c(-c3cc(N)c[nH]c3=O)cc2c1)CN1CC[C@H](F)C1. The van der Waals surface area contributed by atoms with E-state index in [1.165, 1.54) is 6.20 Å². The lowest BCUT2D eigenvalue weighted by Crippen LogP contribution is -2.36. The summed E-state index contributed by atoms with van der Waals surface area (Å²) in [6.07, 6.45) is 1.40. The second-order valence-electron chi connectivity index (χ2n) is 8.68. The van der Waals surface area contributed by atoms with Gasteiger partial charge in [0.15, 0.2) is 0 Å². The third-order valence-corrected chi connectivity index (χ3v) is 5.30. The maximum atomic E-state index is 13.4. The van der Waals surface area contributed by atoms with Gasteiger partial charge in [-0.2, -0.15) is 0 Å². The fraction of sp³-hybridized carbons (Fsp3) is 0.409. The third-order valence-electron chi connectivity index (χ3n) is 5.30. The zero-order valence-electron chi connectivity index (χ0n) is 16.8. The number of anilines is 1. The molecule has 154 valence electrons. The normalized spacial score (nSPS) is 17.8. The predicted octanol–water partition coefficient (Wildman–Crippen LogP) is 3.55. The Kier molecular flexibility index (Phi) is 5.08. The van der Waals surface area contributed by atoms with Gasteiger partial charge in [0.2, 0.25) is 0 Å². The van der Waals surface area contributed by atoms with Gasteiger partial charge in [-0.25, -0.2) is 4.39 Å². The summed E-state index contributed by atoms with van der Waals surface area (Å²) in [4.78, 5) is 20.2. The fourth-order valence-corrected chi connectivity index (χ4v) is 3.90. The zero-order valence-corrected chi connectivity index (χ0v) is 16.8. The van der Waals surface area contributed by atoms with Crippen LogP contribution in [0.15, 0.2) is 41.3 Å². The van der Waals surface area contributed by atoms with Gasteiger partial charge in [0.1, 0.15) is 11.9 Å². The molecule has 0 spiro atoms. The van der Waals surface area contributed by atoms with Crippen LogP contribution in [0.1, 0.15) is 20.3 Å². The number of nitrogens with one attached hydrogen (secondary N) is 2. The van der Waals surface area contributed by atoms with E-state index in [1.54, 1.807) is 6.07 Å². The number of nitrogen functional groups attached to an aromatic ring is 1. The Bertz CT molecular complexity index is 1070. The van der Waals surface area contributed by atoms with Crippen LogP contribution in [-0.2, 0) is 0 Å². The number of H-pyrrole nitrogens is 2. The molecule has 1 atom stereocenters. The van der Waals surface area contributed by atoms with Crippen molar-refractivity contribution >= 4 is 16.6 Å². The summed E-state index contributed by atoms with van der Waals surface area (Å²) >= 11 is 0. The van der Waals surface area contributed by atoms with Gasteiger partial charge in [0.25, 0.3) is 5.56 Å². The largest absolute Gasteiger partial charge is 0.493 e. The van der Waals surface area contributed by atoms with Crippen molar-refractivity contribution in [3.63, 3.8) is 0 Å². The van der Waals surface area contributed by atoms with E-state index in [2.05, 4.69) is 28.7 Å². The molecule has 1 fully saturated rings. The van der Waals surface area contributed by atoms with E-state index < -0.39 is 6.17 Å². The molecule has 1 saturated heterocycles. The molecular weight excluding hydrogens is 371 g/mol. The average molecular weight is 398 g/mol. The number of nitrogens with zero attached hydrogens (tertiary/aromatic N) is 1. The van der Waals surface area contributed by atoms with Crippen LogP contribution in [0.3, 0.4) is 0 Å². The molecule has 0 bridgehead atoms. The quantitative estimate of drug-likeness (QED) is 0.593. The summed E-state index contributed by atoms with van der Waals surface area (Å²) in [6.45, 7) is 6.95. The molecule has 1 aliphatic heterocycles. The molecule has 0 unspecified atom stereocenters. The smallest absolute Gasteiger partial charge is 0.257 e. The summed E-state index contributed by atoms with van der Waals surface area (Å²) in [7, 11) is 0. The number of pyridine rings is 1. The second-order valence-corrected chi connectivity index (χ2v) is 8.68. The second kappa shape index (κ2) is 7.55. The summed E-state index contributed by atoms with van der Waals surface area (Å²) in [5.74, 6) is 0.766. The first-order chi connectivity index (χ1) is 13.8. The molecule has 0 saturated carbocycles. The molecular formula is C22H27FN4O2. The van der Waals surface area contributed by atoms with Crippen LogP contribution in [-0.4, -0.2) is 47.3 Å². The minimum absolute atomic E-state index is 0.0861. The molecule has 3 heterocycles. The number of likely N-dealkylation sites (tertiary alicyclic amines) is 1. The van der Waals surface area contributed by atoms with E-state index in [9.17, 15) is 9.18 Å². The summed E-state index contributed by atoms with van der Waals surface area (Å²) in [5.41, 5.74) is 8.15. The fourth-order valence-electron chi connectivity index (χ4n) is 3.90. The first-order valence-electron chi connectivity index (χ1n) is 9.90. The van der Waals surface area contributed by atoms with Gasteiger partial charge >= 0.3 is 0 Å². The minimum Gasteiger partial charge on any atom is -0.493 e. The third kappa shape index (κ3) is 4.45. The van der Waals surface area contributed by atoms with Crippen LogP contribution in [0, 0.1) is 5.41 Å². The Morgan fingerprint density at radius 2 is 2.14 bits per heavy atom. The van der Waals surface area contributed by atoms with Gasteiger partial charge in [0.05, 0.1) is 17.9 Å². The van der Waals surface area contributed by atoms with E-state index in [0.29, 0.717) is 36.5 Å². The summed E-state index contributed by atoms with van der Waals surface area (Å²) in [6, 6.07) is 9.39. The first-order valence-corrected chi connectivity index (χ1v) is 9.90.